The molecule has 2 saturated heterocycles. The molecule has 3 rings (SSSR count). The number of carbonyl (C=O) groups excluding carboxylic acids is 2. The van der Waals surface area contributed by atoms with E-state index in [2.05, 4.69) is 32.9 Å². The number of benzene rings is 1. The molecule has 1 aromatic carbocycles. The number of piperidine rings is 1. The predicted molar refractivity (Wildman–Crippen MR) is 104 cm³/mol. The summed E-state index contributed by atoms with van der Waals surface area (Å²) in [6, 6.07) is 8.30. The van der Waals surface area contributed by atoms with Gasteiger partial charge in [-0.2, -0.15) is 0 Å². The fourth-order valence-corrected chi connectivity index (χ4v) is 4.01. The van der Waals surface area contributed by atoms with Crippen molar-refractivity contribution < 1.29 is 9.59 Å². The monoisotopic (exact) mass is 356 g/mol. The van der Waals surface area contributed by atoms with E-state index in [1.165, 1.54) is 12.0 Å². The van der Waals surface area contributed by atoms with Gasteiger partial charge >= 0.3 is 0 Å². The highest BCUT2D eigenvalue weighted by Gasteiger charge is 2.50. The number of hydrogen-bond donors (Lipinski definition) is 0. The molecular weight excluding hydrogens is 324 g/mol. The zero-order valence-corrected chi connectivity index (χ0v) is 16.7. The quantitative estimate of drug-likeness (QED) is 0.831. The summed E-state index contributed by atoms with van der Waals surface area (Å²) in [6.07, 6.45) is 4.50. The van der Waals surface area contributed by atoms with Crippen LogP contribution in [0.2, 0.25) is 0 Å². The molecule has 26 heavy (non-hydrogen) atoms. The van der Waals surface area contributed by atoms with Gasteiger partial charge in [0.2, 0.25) is 11.8 Å². The van der Waals surface area contributed by atoms with Crippen LogP contribution in [0.3, 0.4) is 0 Å². The second-order valence-corrected chi connectivity index (χ2v) is 9.05. The van der Waals surface area contributed by atoms with Crippen LogP contribution in [0.5, 0.6) is 0 Å². The van der Waals surface area contributed by atoms with Gasteiger partial charge in [0.05, 0.1) is 6.42 Å². The lowest BCUT2D eigenvalue weighted by Crippen LogP contribution is -2.68. The Morgan fingerprint density at radius 3 is 2.12 bits per heavy atom. The minimum atomic E-state index is -0.639. The summed E-state index contributed by atoms with van der Waals surface area (Å²) >= 11 is 0. The van der Waals surface area contributed by atoms with Crippen molar-refractivity contribution in [2.75, 3.05) is 19.6 Å². The predicted octanol–water partition coefficient (Wildman–Crippen LogP) is 3.53. The van der Waals surface area contributed by atoms with Gasteiger partial charge in [0.25, 0.3) is 0 Å². The van der Waals surface area contributed by atoms with Crippen LogP contribution in [0, 0.1) is 0 Å². The van der Waals surface area contributed by atoms with Crippen molar-refractivity contribution in [3.8, 4) is 0 Å². The molecule has 2 heterocycles. The first-order chi connectivity index (χ1) is 12.2. The minimum absolute atomic E-state index is 0.0626. The highest BCUT2D eigenvalue weighted by atomic mass is 16.2. The molecule has 0 aliphatic carbocycles. The van der Waals surface area contributed by atoms with Crippen molar-refractivity contribution in [1.82, 2.24) is 9.80 Å². The molecule has 0 bridgehead atoms. The highest BCUT2D eigenvalue weighted by Crippen LogP contribution is 2.34. The SMILES string of the molecule is CC(C)(C)c1ccc(CC(=O)N2CCC2(C)C(=O)N2CCCCC2)cc1. The Kier molecular flexibility index (Phi) is 5.14. The molecule has 0 radical (unpaired) electrons. The van der Waals surface area contributed by atoms with E-state index < -0.39 is 5.54 Å². The van der Waals surface area contributed by atoms with E-state index >= 15 is 0 Å². The van der Waals surface area contributed by atoms with Crippen molar-refractivity contribution in [2.24, 2.45) is 0 Å². The van der Waals surface area contributed by atoms with Gasteiger partial charge in [-0.05, 0) is 49.1 Å². The minimum Gasteiger partial charge on any atom is -0.341 e. The van der Waals surface area contributed by atoms with Gasteiger partial charge in [-0.1, -0.05) is 45.0 Å². The molecule has 2 amide bonds. The van der Waals surface area contributed by atoms with Gasteiger partial charge in [-0.3, -0.25) is 9.59 Å². The van der Waals surface area contributed by atoms with Gasteiger partial charge in [0.15, 0.2) is 0 Å². The van der Waals surface area contributed by atoms with E-state index in [-0.39, 0.29) is 17.2 Å². The van der Waals surface area contributed by atoms with Crippen molar-refractivity contribution in [1.29, 1.82) is 0 Å². The van der Waals surface area contributed by atoms with Crippen LogP contribution in [0.4, 0.5) is 0 Å². The van der Waals surface area contributed by atoms with E-state index in [0.717, 1.165) is 37.9 Å². The highest BCUT2D eigenvalue weighted by molar-refractivity contribution is 5.93. The van der Waals surface area contributed by atoms with Crippen LogP contribution in [0.15, 0.2) is 24.3 Å². The molecule has 2 aliphatic heterocycles. The summed E-state index contributed by atoms with van der Waals surface area (Å²) in [5.41, 5.74) is 1.75. The maximum absolute atomic E-state index is 13.0. The van der Waals surface area contributed by atoms with Crippen LogP contribution in [-0.2, 0) is 21.4 Å². The number of hydrogen-bond acceptors (Lipinski definition) is 2. The fourth-order valence-electron chi connectivity index (χ4n) is 4.01. The third kappa shape index (κ3) is 3.65. The molecule has 0 spiro atoms. The average molecular weight is 357 g/mol. The summed E-state index contributed by atoms with van der Waals surface area (Å²) in [5.74, 6) is 0.201. The molecule has 4 nitrogen and oxygen atoms in total. The molecule has 1 atom stereocenters. The first kappa shape index (κ1) is 18.9. The third-order valence-electron chi connectivity index (χ3n) is 6.00. The number of likely N-dealkylation sites (tertiary alicyclic amines) is 2. The molecule has 4 heteroatoms. The second kappa shape index (κ2) is 7.05. The smallest absolute Gasteiger partial charge is 0.248 e. The van der Waals surface area contributed by atoms with Crippen LogP contribution in [0.25, 0.3) is 0 Å². The third-order valence-corrected chi connectivity index (χ3v) is 6.00. The van der Waals surface area contributed by atoms with Gasteiger partial charge in [-0.15, -0.1) is 0 Å². The first-order valence-corrected chi connectivity index (χ1v) is 9.91. The van der Waals surface area contributed by atoms with E-state index in [9.17, 15) is 9.59 Å². The Hall–Kier alpha value is -1.84. The van der Waals surface area contributed by atoms with Crippen LogP contribution in [-0.4, -0.2) is 46.8 Å². The van der Waals surface area contributed by atoms with Crippen molar-refractivity contribution in [2.45, 2.75) is 70.8 Å². The van der Waals surface area contributed by atoms with Crippen LogP contribution >= 0.6 is 0 Å². The first-order valence-electron chi connectivity index (χ1n) is 9.91. The lowest BCUT2D eigenvalue weighted by atomic mass is 9.83. The molecule has 142 valence electrons. The van der Waals surface area contributed by atoms with Crippen molar-refractivity contribution in [3.05, 3.63) is 35.4 Å². The van der Waals surface area contributed by atoms with Crippen molar-refractivity contribution in [3.63, 3.8) is 0 Å². The Morgan fingerprint density at radius 2 is 1.62 bits per heavy atom. The molecule has 2 fully saturated rings. The molecule has 0 saturated carbocycles. The molecular formula is C22H32N2O2. The van der Waals surface area contributed by atoms with Gasteiger partial charge in [-0.25, -0.2) is 0 Å². The van der Waals surface area contributed by atoms with Gasteiger partial charge < -0.3 is 9.80 Å². The zero-order valence-electron chi connectivity index (χ0n) is 16.7. The maximum atomic E-state index is 13.0. The fraction of sp³-hybridized carbons (Fsp3) is 0.636. The van der Waals surface area contributed by atoms with Gasteiger partial charge in [0.1, 0.15) is 5.54 Å². The average Bonchev–Trinajstić information content (AvgIpc) is 2.60. The summed E-state index contributed by atoms with van der Waals surface area (Å²) < 4.78 is 0. The van der Waals surface area contributed by atoms with Crippen LogP contribution < -0.4 is 0 Å². The van der Waals surface area contributed by atoms with E-state index in [1.54, 1.807) is 4.90 Å². The number of rotatable bonds is 3. The summed E-state index contributed by atoms with van der Waals surface area (Å²) in [4.78, 5) is 29.5. The standard InChI is InChI=1S/C22H32N2O2/c1-21(2,3)18-10-8-17(9-11-18)16-19(25)24-15-12-22(24,4)20(26)23-13-6-5-7-14-23/h8-11H,5-7,12-16H2,1-4H3. The van der Waals surface area contributed by atoms with Crippen LogP contribution in [0.1, 0.15) is 64.5 Å². The summed E-state index contributed by atoms with van der Waals surface area (Å²) in [6.45, 7) is 10.9. The molecule has 1 aromatic rings. The largest absolute Gasteiger partial charge is 0.341 e. The number of carbonyl (C=O) groups is 2. The normalized spacial score (nSPS) is 23.5. The summed E-state index contributed by atoms with van der Waals surface area (Å²) in [7, 11) is 0. The van der Waals surface area contributed by atoms with E-state index in [4.69, 9.17) is 0 Å². The zero-order chi connectivity index (χ0) is 18.9. The van der Waals surface area contributed by atoms with E-state index in [1.807, 2.05) is 24.0 Å². The molecule has 0 aromatic heterocycles. The lowest BCUT2D eigenvalue weighted by molar-refractivity contribution is -0.164. The molecule has 2 aliphatic rings. The Morgan fingerprint density at radius 1 is 1.00 bits per heavy atom. The van der Waals surface area contributed by atoms with Crippen molar-refractivity contribution >= 4 is 11.8 Å². The lowest BCUT2D eigenvalue weighted by Gasteiger charge is -2.51. The topological polar surface area (TPSA) is 40.6 Å². The van der Waals surface area contributed by atoms with Gasteiger partial charge in [0, 0.05) is 19.6 Å². The number of amides is 2. The second-order valence-electron chi connectivity index (χ2n) is 9.05. The maximum Gasteiger partial charge on any atom is 0.248 e. The summed E-state index contributed by atoms with van der Waals surface area (Å²) in [5, 5.41) is 0. The Bertz CT molecular complexity index is 668. The number of nitrogens with zero attached hydrogens (tertiary/aromatic N) is 2. The van der Waals surface area contributed by atoms with E-state index in [0.29, 0.717) is 13.0 Å². The molecule has 0 N–H and O–H groups in total. The Labute approximate surface area is 157 Å². The Balaban J connectivity index is 1.65. The molecule has 1 unspecified atom stereocenters.